The largest absolute Gasteiger partial charge is 0.494 e. The van der Waals surface area contributed by atoms with Gasteiger partial charge in [0.15, 0.2) is 0 Å². The van der Waals surface area contributed by atoms with Gasteiger partial charge in [-0.1, -0.05) is 6.07 Å². The van der Waals surface area contributed by atoms with Crippen LogP contribution in [0, 0.1) is 0 Å². The molecule has 196 valence electrons. The first kappa shape index (κ1) is 24.2. The minimum atomic E-state index is -0.350. The van der Waals surface area contributed by atoms with Gasteiger partial charge in [-0.2, -0.15) is 0 Å². The summed E-state index contributed by atoms with van der Waals surface area (Å²) in [6.45, 7) is 4.73. The number of ether oxygens (including phenoxy) is 2. The van der Waals surface area contributed by atoms with Crippen LogP contribution in [0.2, 0.25) is 0 Å². The van der Waals surface area contributed by atoms with E-state index in [0.717, 1.165) is 56.7 Å². The zero-order chi connectivity index (χ0) is 25.9. The van der Waals surface area contributed by atoms with Gasteiger partial charge in [0, 0.05) is 56.0 Å². The van der Waals surface area contributed by atoms with Gasteiger partial charge in [-0.3, -0.25) is 14.3 Å². The lowest BCUT2D eigenvalue weighted by Crippen LogP contribution is -2.43. The van der Waals surface area contributed by atoms with Crippen LogP contribution < -0.4 is 20.3 Å². The summed E-state index contributed by atoms with van der Waals surface area (Å²) in [6.07, 6.45) is 7.34. The molecule has 2 aliphatic heterocycles. The Morgan fingerprint density at radius 1 is 1.21 bits per heavy atom. The minimum Gasteiger partial charge on any atom is -0.494 e. The molecule has 3 N–H and O–H groups in total. The van der Waals surface area contributed by atoms with Crippen molar-refractivity contribution in [3.8, 4) is 17.4 Å². The van der Waals surface area contributed by atoms with E-state index in [2.05, 4.69) is 25.5 Å². The molecule has 2 aliphatic rings. The standard InChI is InChI=1S/C28H30N6O4/c35-27(32-24-16-30-9-8-25(24)33-12-10-29-11-13-33)23-4-1-5-26(31-23)34-17-19-6-7-20(15-22(19)28(34)36)38-18-21-3-2-14-37-21/h1,4-9,15-17,21,29,36H,2-3,10-14,18H2,(H,32,35). The van der Waals surface area contributed by atoms with Crippen molar-refractivity contribution in [3.63, 3.8) is 0 Å². The predicted molar refractivity (Wildman–Crippen MR) is 144 cm³/mol. The van der Waals surface area contributed by atoms with E-state index in [9.17, 15) is 9.90 Å². The molecule has 2 saturated heterocycles. The number of hydrogen-bond acceptors (Lipinski definition) is 8. The number of hydrogen-bond donors (Lipinski definition) is 3. The zero-order valence-electron chi connectivity index (χ0n) is 21.0. The van der Waals surface area contributed by atoms with Crippen LogP contribution in [0.4, 0.5) is 11.4 Å². The summed E-state index contributed by atoms with van der Waals surface area (Å²) in [7, 11) is 0. The molecule has 1 amide bonds. The number of aromatic nitrogens is 3. The molecule has 0 spiro atoms. The molecule has 0 bridgehead atoms. The second kappa shape index (κ2) is 10.7. The average molecular weight is 515 g/mol. The molecule has 4 aromatic rings. The van der Waals surface area contributed by atoms with E-state index < -0.39 is 0 Å². The van der Waals surface area contributed by atoms with Crippen molar-refractivity contribution in [3.05, 3.63) is 66.7 Å². The SMILES string of the molecule is O=C(Nc1cnccc1N1CCNCC1)c1cccc(-n2cc3ccc(OCC4CCCO4)cc3c2O)n1. The van der Waals surface area contributed by atoms with E-state index in [-0.39, 0.29) is 23.6 Å². The molecular formula is C28H30N6O4. The fraction of sp³-hybridized carbons (Fsp3) is 0.321. The van der Waals surface area contributed by atoms with Crippen LogP contribution in [0.1, 0.15) is 23.3 Å². The quantitative estimate of drug-likeness (QED) is 0.344. The van der Waals surface area contributed by atoms with Crippen LogP contribution in [0.15, 0.2) is 61.1 Å². The third-order valence-corrected chi connectivity index (χ3v) is 6.94. The predicted octanol–water partition coefficient (Wildman–Crippen LogP) is 3.35. The molecule has 10 nitrogen and oxygen atoms in total. The molecule has 1 unspecified atom stereocenters. The van der Waals surface area contributed by atoms with E-state index in [1.54, 1.807) is 41.4 Å². The summed E-state index contributed by atoms with van der Waals surface area (Å²) in [6, 6.07) is 12.6. The van der Waals surface area contributed by atoms with Gasteiger partial charge in [-0.05, 0) is 49.2 Å². The second-order valence-corrected chi connectivity index (χ2v) is 9.48. The number of carbonyl (C=O) groups excluding carboxylic acids is 1. The van der Waals surface area contributed by atoms with Crippen molar-refractivity contribution in [2.24, 2.45) is 0 Å². The fourth-order valence-electron chi connectivity index (χ4n) is 4.94. The Kier molecular flexibility index (Phi) is 6.80. The Hall–Kier alpha value is -4.15. The molecule has 2 fully saturated rings. The molecule has 3 aromatic heterocycles. The van der Waals surface area contributed by atoms with Crippen LogP contribution in [-0.4, -0.2) is 71.0 Å². The van der Waals surface area contributed by atoms with Crippen LogP contribution >= 0.6 is 0 Å². The number of fused-ring (bicyclic) bond motifs is 1. The lowest BCUT2D eigenvalue weighted by molar-refractivity contribution is 0.0680. The molecule has 0 saturated carbocycles. The number of rotatable bonds is 7. The van der Waals surface area contributed by atoms with Crippen LogP contribution in [0.25, 0.3) is 16.6 Å². The van der Waals surface area contributed by atoms with Gasteiger partial charge in [0.05, 0.1) is 23.7 Å². The number of carbonyl (C=O) groups is 1. The fourth-order valence-corrected chi connectivity index (χ4v) is 4.94. The molecule has 10 heteroatoms. The average Bonchev–Trinajstić information content (AvgIpc) is 3.60. The summed E-state index contributed by atoms with van der Waals surface area (Å²) in [5.74, 6) is 0.777. The topological polar surface area (TPSA) is 114 Å². The third kappa shape index (κ3) is 5.00. The summed E-state index contributed by atoms with van der Waals surface area (Å²) >= 11 is 0. The van der Waals surface area contributed by atoms with Crippen LogP contribution in [0.5, 0.6) is 11.6 Å². The number of anilines is 2. The van der Waals surface area contributed by atoms with Gasteiger partial charge in [0.2, 0.25) is 5.88 Å². The van der Waals surface area contributed by atoms with Crippen molar-refractivity contribution in [1.29, 1.82) is 0 Å². The van der Waals surface area contributed by atoms with Crippen molar-refractivity contribution in [1.82, 2.24) is 19.9 Å². The van der Waals surface area contributed by atoms with Gasteiger partial charge >= 0.3 is 0 Å². The molecule has 1 aromatic carbocycles. The Balaban J connectivity index is 1.22. The molecule has 0 aliphatic carbocycles. The number of benzene rings is 1. The Labute approximate surface area is 220 Å². The van der Waals surface area contributed by atoms with E-state index in [4.69, 9.17) is 9.47 Å². The number of pyridine rings is 2. The normalized spacial score (nSPS) is 17.6. The van der Waals surface area contributed by atoms with Gasteiger partial charge in [0.1, 0.15) is 23.9 Å². The highest BCUT2D eigenvalue weighted by Crippen LogP contribution is 2.33. The molecular weight excluding hydrogens is 484 g/mol. The van der Waals surface area contributed by atoms with Crippen LogP contribution in [0.3, 0.4) is 0 Å². The van der Waals surface area contributed by atoms with Crippen molar-refractivity contribution in [2.75, 3.05) is 49.6 Å². The second-order valence-electron chi connectivity index (χ2n) is 9.48. The Bertz CT molecular complexity index is 1440. The Morgan fingerprint density at radius 2 is 2.11 bits per heavy atom. The first-order valence-electron chi connectivity index (χ1n) is 12.9. The number of nitrogens with zero attached hydrogens (tertiary/aromatic N) is 4. The highest BCUT2D eigenvalue weighted by molar-refractivity contribution is 6.04. The maximum absolute atomic E-state index is 13.2. The van der Waals surface area contributed by atoms with Crippen molar-refractivity contribution >= 4 is 28.1 Å². The van der Waals surface area contributed by atoms with Gasteiger partial charge in [0.25, 0.3) is 5.91 Å². The molecule has 5 heterocycles. The van der Waals surface area contributed by atoms with Crippen molar-refractivity contribution in [2.45, 2.75) is 18.9 Å². The smallest absolute Gasteiger partial charge is 0.274 e. The minimum absolute atomic E-state index is 0.0286. The van der Waals surface area contributed by atoms with Gasteiger partial charge < -0.3 is 30.1 Å². The maximum Gasteiger partial charge on any atom is 0.274 e. The maximum atomic E-state index is 13.2. The van der Waals surface area contributed by atoms with E-state index in [1.165, 1.54) is 0 Å². The van der Waals surface area contributed by atoms with Crippen molar-refractivity contribution < 1.29 is 19.4 Å². The van der Waals surface area contributed by atoms with Crippen LogP contribution in [-0.2, 0) is 4.74 Å². The molecule has 0 radical (unpaired) electrons. The number of aromatic hydroxyl groups is 1. The molecule has 38 heavy (non-hydrogen) atoms. The summed E-state index contributed by atoms with van der Waals surface area (Å²) in [5, 5.41) is 18.8. The molecule has 1 atom stereocenters. The van der Waals surface area contributed by atoms with E-state index >= 15 is 0 Å². The monoisotopic (exact) mass is 514 g/mol. The number of amides is 1. The van der Waals surface area contributed by atoms with E-state index in [0.29, 0.717) is 29.2 Å². The lowest BCUT2D eigenvalue weighted by Gasteiger charge is -2.30. The highest BCUT2D eigenvalue weighted by atomic mass is 16.5. The first-order chi connectivity index (χ1) is 18.7. The Morgan fingerprint density at radius 3 is 2.95 bits per heavy atom. The third-order valence-electron chi connectivity index (χ3n) is 6.94. The van der Waals surface area contributed by atoms with Gasteiger partial charge in [-0.25, -0.2) is 4.98 Å². The summed E-state index contributed by atoms with van der Waals surface area (Å²) < 4.78 is 13.1. The zero-order valence-corrected chi connectivity index (χ0v) is 21.0. The summed E-state index contributed by atoms with van der Waals surface area (Å²) in [5.41, 5.74) is 1.80. The first-order valence-corrected chi connectivity index (χ1v) is 12.9. The number of piperazine rings is 1. The van der Waals surface area contributed by atoms with Gasteiger partial charge in [-0.15, -0.1) is 0 Å². The summed E-state index contributed by atoms with van der Waals surface area (Å²) in [4.78, 5) is 24.2. The molecule has 6 rings (SSSR count). The highest BCUT2D eigenvalue weighted by Gasteiger charge is 2.19. The lowest BCUT2D eigenvalue weighted by atomic mass is 10.2. The number of nitrogens with one attached hydrogen (secondary N) is 2. The van der Waals surface area contributed by atoms with E-state index in [1.807, 2.05) is 24.3 Å².